The summed E-state index contributed by atoms with van der Waals surface area (Å²) in [7, 11) is 1.60. The average molecular weight is 570 g/mol. The number of amides is 3. The standard InChI is InChI=1S/C31H31N5O4S/c1-19(2)21-10-12-22(13-11-21)33-28(38)18-41-31-34-25-7-5-4-6-24(25)29-35-30(39)26(36(29)31)16-27(37)32-17-20-8-14-23(40-3)15-9-20/h4-15,19,26H,16-18H2,1-3H3,(H,32,37)(H,33,38). The van der Waals surface area contributed by atoms with E-state index in [1.54, 1.807) is 12.0 Å². The monoisotopic (exact) mass is 569 g/mol. The smallest absolute Gasteiger partial charge is 0.271 e. The van der Waals surface area contributed by atoms with E-state index < -0.39 is 11.9 Å². The van der Waals surface area contributed by atoms with Gasteiger partial charge in [-0.1, -0.05) is 62.0 Å². The average Bonchev–Trinajstić information content (AvgIpc) is 3.31. The van der Waals surface area contributed by atoms with E-state index in [0.29, 0.717) is 40.4 Å². The molecule has 0 fully saturated rings. The Bertz CT molecular complexity index is 1520. The second-order valence-corrected chi connectivity index (χ2v) is 11.0. The summed E-state index contributed by atoms with van der Waals surface area (Å²) in [6.45, 7) is 4.55. The SMILES string of the molecule is COc1ccc(CNC(=O)CC2C(=O)N=C3c4ccccc4N=C(SCC(=O)Nc4ccc(C(C)C)cc4)N32)cc1. The van der Waals surface area contributed by atoms with Gasteiger partial charge in [0.1, 0.15) is 17.6 Å². The van der Waals surface area contributed by atoms with Gasteiger partial charge in [-0.25, -0.2) is 4.99 Å². The third-order valence-corrected chi connectivity index (χ3v) is 7.78. The van der Waals surface area contributed by atoms with Crippen LogP contribution in [-0.2, 0) is 20.9 Å². The first-order chi connectivity index (χ1) is 19.8. The molecule has 0 radical (unpaired) electrons. The topological polar surface area (TPSA) is 112 Å². The van der Waals surface area contributed by atoms with Crippen molar-refractivity contribution in [3.8, 4) is 5.75 Å². The van der Waals surface area contributed by atoms with Crippen LogP contribution in [0.2, 0.25) is 0 Å². The van der Waals surface area contributed by atoms with Crippen LogP contribution in [0.4, 0.5) is 11.4 Å². The van der Waals surface area contributed by atoms with Crippen molar-refractivity contribution >= 4 is 51.9 Å². The maximum atomic E-state index is 13.1. The summed E-state index contributed by atoms with van der Waals surface area (Å²) in [6, 6.07) is 21.7. The van der Waals surface area contributed by atoms with Crippen molar-refractivity contribution in [2.75, 3.05) is 18.2 Å². The molecule has 41 heavy (non-hydrogen) atoms. The van der Waals surface area contributed by atoms with Crippen molar-refractivity contribution in [2.24, 2.45) is 9.98 Å². The quantitative estimate of drug-likeness (QED) is 0.381. The van der Waals surface area contributed by atoms with Gasteiger partial charge in [-0.05, 0) is 53.4 Å². The number of ether oxygens (including phenoxy) is 1. The van der Waals surface area contributed by atoms with Crippen molar-refractivity contribution in [3.63, 3.8) is 0 Å². The molecule has 210 valence electrons. The van der Waals surface area contributed by atoms with Crippen molar-refractivity contribution in [1.29, 1.82) is 0 Å². The molecule has 0 spiro atoms. The zero-order chi connectivity index (χ0) is 28.9. The van der Waals surface area contributed by atoms with Crippen molar-refractivity contribution < 1.29 is 19.1 Å². The molecule has 3 aromatic carbocycles. The maximum absolute atomic E-state index is 13.1. The molecule has 10 heteroatoms. The lowest BCUT2D eigenvalue weighted by atomic mass is 10.0. The molecule has 2 N–H and O–H groups in total. The number of rotatable bonds is 9. The number of para-hydroxylation sites is 1. The number of hydrogen-bond acceptors (Lipinski definition) is 7. The van der Waals surface area contributed by atoms with Gasteiger partial charge in [0.15, 0.2) is 5.17 Å². The number of fused-ring (bicyclic) bond motifs is 3. The van der Waals surface area contributed by atoms with Gasteiger partial charge in [-0.3, -0.25) is 19.3 Å². The number of anilines is 1. The molecule has 2 aliphatic heterocycles. The van der Waals surface area contributed by atoms with Gasteiger partial charge in [0.05, 0.1) is 25.0 Å². The van der Waals surface area contributed by atoms with E-state index in [2.05, 4.69) is 29.5 Å². The lowest BCUT2D eigenvalue weighted by Crippen LogP contribution is -2.46. The van der Waals surface area contributed by atoms with E-state index in [1.807, 2.05) is 72.8 Å². The molecule has 1 unspecified atom stereocenters. The number of hydrogen-bond donors (Lipinski definition) is 2. The zero-order valence-corrected chi connectivity index (χ0v) is 23.9. The largest absolute Gasteiger partial charge is 0.497 e. The Morgan fingerprint density at radius 2 is 1.71 bits per heavy atom. The predicted octanol–water partition coefficient (Wildman–Crippen LogP) is 4.86. The Morgan fingerprint density at radius 1 is 0.976 bits per heavy atom. The minimum absolute atomic E-state index is 0.0707. The van der Waals surface area contributed by atoms with Gasteiger partial charge in [0, 0.05) is 17.8 Å². The number of carbonyl (C=O) groups is 3. The van der Waals surface area contributed by atoms with Gasteiger partial charge in [-0.2, -0.15) is 4.99 Å². The molecule has 0 bridgehead atoms. The molecule has 2 heterocycles. The Hall–Kier alpha value is -4.44. The Morgan fingerprint density at radius 3 is 2.41 bits per heavy atom. The zero-order valence-electron chi connectivity index (χ0n) is 23.1. The van der Waals surface area contributed by atoms with Crippen LogP contribution in [0, 0.1) is 0 Å². The first kappa shape index (κ1) is 28.1. The molecule has 1 atom stereocenters. The minimum atomic E-state index is -0.855. The Labute approximate surface area is 243 Å². The third kappa shape index (κ3) is 6.49. The number of thioether (sulfide) groups is 1. The molecule has 3 aromatic rings. The first-order valence-electron chi connectivity index (χ1n) is 13.3. The summed E-state index contributed by atoms with van der Waals surface area (Å²) >= 11 is 1.21. The van der Waals surface area contributed by atoms with Gasteiger partial charge in [-0.15, -0.1) is 0 Å². The van der Waals surface area contributed by atoms with E-state index in [9.17, 15) is 14.4 Å². The van der Waals surface area contributed by atoms with Crippen molar-refractivity contribution in [2.45, 2.75) is 38.8 Å². The minimum Gasteiger partial charge on any atom is -0.497 e. The number of carbonyl (C=O) groups excluding carboxylic acids is 3. The van der Waals surface area contributed by atoms with Gasteiger partial charge in [0.25, 0.3) is 5.91 Å². The first-order valence-corrected chi connectivity index (χ1v) is 14.3. The second kappa shape index (κ2) is 12.4. The van der Waals surface area contributed by atoms with E-state index in [1.165, 1.54) is 17.3 Å². The number of amidine groups is 2. The second-order valence-electron chi connectivity index (χ2n) is 10.0. The van der Waals surface area contributed by atoms with Crippen LogP contribution in [0.15, 0.2) is 82.8 Å². The summed E-state index contributed by atoms with van der Waals surface area (Å²) < 4.78 is 5.18. The fraction of sp³-hybridized carbons (Fsp3) is 0.258. The predicted molar refractivity (Wildman–Crippen MR) is 162 cm³/mol. The van der Waals surface area contributed by atoms with Crippen LogP contribution in [0.5, 0.6) is 5.75 Å². The molecule has 9 nitrogen and oxygen atoms in total. The normalized spacial score (nSPS) is 15.6. The number of methoxy groups -OCH3 is 1. The van der Waals surface area contributed by atoms with Crippen LogP contribution >= 0.6 is 11.8 Å². The van der Waals surface area contributed by atoms with Crippen LogP contribution in [0.25, 0.3) is 0 Å². The number of benzene rings is 3. The number of aliphatic imine (C=N–C) groups is 2. The van der Waals surface area contributed by atoms with E-state index in [4.69, 9.17) is 9.73 Å². The number of nitrogens with one attached hydrogen (secondary N) is 2. The highest BCUT2D eigenvalue weighted by molar-refractivity contribution is 8.14. The van der Waals surface area contributed by atoms with Gasteiger partial charge >= 0.3 is 0 Å². The maximum Gasteiger partial charge on any atom is 0.271 e. The molecule has 0 saturated heterocycles. The molecule has 2 aliphatic rings. The lowest BCUT2D eigenvalue weighted by molar-refractivity contribution is -0.126. The fourth-order valence-electron chi connectivity index (χ4n) is 4.57. The summed E-state index contributed by atoms with van der Waals surface area (Å²) in [5, 5.41) is 6.25. The Balaban J connectivity index is 1.27. The highest BCUT2D eigenvalue weighted by atomic mass is 32.2. The molecule has 5 rings (SSSR count). The van der Waals surface area contributed by atoms with Crippen LogP contribution in [-0.4, -0.2) is 52.5 Å². The van der Waals surface area contributed by atoms with Gasteiger partial charge < -0.3 is 15.4 Å². The summed E-state index contributed by atoms with van der Waals surface area (Å²) in [4.78, 5) is 49.6. The van der Waals surface area contributed by atoms with E-state index in [-0.39, 0.29) is 24.0 Å². The summed E-state index contributed by atoms with van der Waals surface area (Å²) in [6.07, 6.45) is -0.0991. The van der Waals surface area contributed by atoms with Crippen molar-refractivity contribution in [3.05, 3.63) is 89.5 Å². The summed E-state index contributed by atoms with van der Waals surface area (Å²) in [5.74, 6) is 0.738. The highest BCUT2D eigenvalue weighted by Crippen LogP contribution is 2.35. The van der Waals surface area contributed by atoms with Crippen LogP contribution < -0.4 is 15.4 Å². The van der Waals surface area contributed by atoms with E-state index in [0.717, 1.165) is 11.3 Å². The van der Waals surface area contributed by atoms with Crippen LogP contribution in [0.1, 0.15) is 42.9 Å². The molecule has 0 aliphatic carbocycles. The van der Waals surface area contributed by atoms with E-state index >= 15 is 0 Å². The molecule has 3 amide bonds. The molecular formula is C31H31N5O4S. The Kier molecular flexibility index (Phi) is 8.49. The molecule has 0 aromatic heterocycles. The third-order valence-electron chi connectivity index (χ3n) is 6.83. The van der Waals surface area contributed by atoms with Crippen molar-refractivity contribution in [1.82, 2.24) is 10.2 Å². The molecular weight excluding hydrogens is 538 g/mol. The summed E-state index contributed by atoms with van der Waals surface area (Å²) in [5.41, 5.74) is 4.18. The van der Waals surface area contributed by atoms with Crippen LogP contribution in [0.3, 0.4) is 0 Å². The fourth-order valence-corrected chi connectivity index (χ4v) is 5.42. The van der Waals surface area contributed by atoms with Gasteiger partial charge in [0.2, 0.25) is 11.8 Å². The number of nitrogens with zero attached hydrogens (tertiary/aromatic N) is 3. The highest BCUT2D eigenvalue weighted by Gasteiger charge is 2.42. The lowest BCUT2D eigenvalue weighted by Gasteiger charge is -2.30. The molecule has 0 saturated carbocycles.